The van der Waals surface area contributed by atoms with Crippen LogP contribution in [0.4, 0.5) is 5.69 Å². The molecule has 148 valence electrons. The van der Waals surface area contributed by atoms with Crippen LogP contribution in [-0.4, -0.2) is 32.2 Å². The van der Waals surface area contributed by atoms with Gasteiger partial charge < -0.3 is 19.5 Å². The molecule has 1 amide bonds. The molecule has 0 aliphatic rings. The van der Waals surface area contributed by atoms with E-state index < -0.39 is 18.0 Å². The molecular weight excluding hydrogens is 382 g/mol. The zero-order valence-electron chi connectivity index (χ0n) is 16.1. The van der Waals surface area contributed by atoms with Gasteiger partial charge in [-0.15, -0.1) is 0 Å². The zero-order chi connectivity index (χ0) is 20.7. The van der Waals surface area contributed by atoms with Crippen molar-refractivity contribution in [2.75, 3.05) is 19.5 Å². The van der Waals surface area contributed by atoms with E-state index in [4.69, 9.17) is 25.8 Å². The molecule has 0 bridgehead atoms. The van der Waals surface area contributed by atoms with Crippen LogP contribution in [0.3, 0.4) is 0 Å². The highest BCUT2D eigenvalue weighted by atomic mass is 35.5. The summed E-state index contributed by atoms with van der Waals surface area (Å²) in [5, 5.41) is 3.20. The highest BCUT2D eigenvalue weighted by molar-refractivity contribution is 6.31. The number of esters is 1. The van der Waals surface area contributed by atoms with Crippen LogP contribution in [0, 0.1) is 6.92 Å². The fourth-order valence-corrected chi connectivity index (χ4v) is 2.48. The molecule has 0 aromatic heterocycles. The fourth-order valence-electron chi connectivity index (χ4n) is 2.30. The van der Waals surface area contributed by atoms with Gasteiger partial charge in [0.1, 0.15) is 11.5 Å². The molecule has 1 N–H and O–H groups in total. The summed E-state index contributed by atoms with van der Waals surface area (Å²) in [6.07, 6.45) is 1.80. The molecule has 2 aromatic carbocycles. The van der Waals surface area contributed by atoms with Gasteiger partial charge >= 0.3 is 5.97 Å². The standard InChI is InChI=1S/C21H22ClNO5/c1-13-5-8-16(11-18(13)22)23-21(25)14(2)28-20(24)10-7-15-6-9-17(26-3)12-19(15)27-4/h5-12,14H,1-4H3,(H,23,25)/b10-7+/t14-/m0/s1. The summed E-state index contributed by atoms with van der Waals surface area (Å²) in [5.41, 5.74) is 2.10. The molecule has 7 heteroatoms. The van der Waals surface area contributed by atoms with Gasteiger partial charge in [0, 0.05) is 28.4 Å². The Hall–Kier alpha value is -2.99. The van der Waals surface area contributed by atoms with Crippen molar-refractivity contribution in [1.29, 1.82) is 0 Å². The molecule has 1 atom stereocenters. The highest BCUT2D eigenvalue weighted by Crippen LogP contribution is 2.25. The van der Waals surface area contributed by atoms with Crippen LogP contribution in [0.25, 0.3) is 6.08 Å². The predicted molar refractivity (Wildman–Crippen MR) is 109 cm³/mol. The van der Waals surface area contributed by atoms with Crippen molar-refractivity contribution in [3.05, 3.63) is 58.6 Å². The van der Waals surface area contributed by atoms with Gasteiger partial charge in [0.2, 0.25) is 0 Å². The van der Waals surface area contributed by atoms with Gasteiger partial charge in [-0.05, 0) is 49.8 Å². The minimum Gasteiger partial charge on any atom is -0.497 e. The maximum atomic E-state index is 12.2. The first kappa shape index (κ1) is 21.3. The van der Waals surface area contributed by atoms with Gasteiger partial charge in [0.15, 0.2) is 6.10 Å². The SMILES string of the molecule is COc1ccc(/C=C/C(=O)O[C@@H](C)C(=O)Nc2ccc(C)c(Cl)c2)c(OC)c1. The molecule has 0 spiro atoms. The lowest BCUT2D eigenvalue weighted by atomic mass is 10.1. The summed E-state index contributed by atoms with van der Waals surface area (Å²) in [4.78, 5) is 24.2. The van der Waals surface area contributed by atoms with Gasteiger partial charge in [-0.3, -0.25) is 4.79 Å². The molecule has 0 heterocycles. The van der Waals surface area contributed by atoms with E-state index in [1.807, 2.05) is 6.92 Å². The number of carbonyl (C=O) groups excluding carboxylic acids is 2. The maximum Gasteiger partial charge on any atom is 0.331 e. The molecule has 6 nitrogen and oxygen atoms in total. The van der Waals surface area contributed by atoms with Gasteiger partial charge in [0.25, 0.3) is 5.91 Å². The van der Waals surface area contributed by atoms with Crippen molar-refractivity contribution in [2.45, 2.75) is 20.0 Å². The Morgan fingerprint density at radius 3 is 2.50 bits per heavy atom. The van der Waals surface area contributed by atoms with Gasteiger partial charge in [-0.2, -0.15) is 0 Å². The second-order valence-corrected chi connectivity index (χ2v) is 6.38. The second-order valence-electron chi connectivity index (χ2n) is 5.97. The Kier molecular flexibility index (Phi) is 7.46. The first-order valence-corrected chi connectivity index (χ1v) is 8.89. The Morgan fingerprint density at radius 1 is 1.11 bits per heavy atom. The highest BCUT2D eigenvalue weighted by Gasteiger charge is 2.17. The first-order chi connectivity index (χ1) is 13.3. The van der Waals surface area contributed by atoms with Crippen LogP contribution in [0.2, 0.25) is 5.02 Å². The van der Waals surface area contributed by atoms with Crippen molar-refractivity contribution in [1.82, 2.24) is 0 Å². The van der Waals surface area contributed by atoms with E-state index in [0.717, 1.165) is 5.56 Å². The first-order valence-electron chi connectivity index (χ1n) is 8.51. The topological polar surface area (TPSA) is 73.9 Å². The van der Waals surface area contributed by atoms with E-state index in [9.17, 15) is 9.59 Å². The predicted octanol–water partition coefficient (Wildman–Crippen LogP) is 4.25. The van der Waals surface area contributed by atoms with Gasteiger partial charge in [0.05, 0.1) is 14.2 Å². The molecule has 0 unspecified atom stereocenters. The van der Waals surface area contributed by atoms with Crippen molar-refractivity contribution in [3.63, 3.8) is 0 Å². The second kappa shape index (κ2) is 9.80. The van der Waals surface area contributed by atoms with Crippen LogP contribution < -0.4 is 14.8 Å². The van der Waals surface area contributed by atoms with E-state index in [-0.39, 0.29) is 0 Å². The number of rotatable bonds is 7. The lowest BCUT2D eigenvalue weighted by molar-refractivity contribution is -0.148. The molecule has 0 aliphatic heterocycles. The zero-order valence-corrected chi connectivity index (χ0v) is 16.9. The molecule has 2 rings (SSSR count). The monoisotopic (exact) mass is 403 g/mol. The third kappa shape index (κ3) is 5.76. The third-order valence-corrected chi connectivity index (χ3v) is 4.35. The van der Waals surface area contributed by atoms with E-state index in [1.54, 1.807) is 49.6 Å². The number of hydrogen-bond donors (Lipinski definition) is 1. The fraction of sp³-hybridized carbons (Fsp3) is 0.238. The molecule has 0 saturated heterocycles. The molecule has 28 heavy (non-hydrogen) atoms. The largest absolute Gasteiger partial charge is 0.497 e. The Balaban J connectivity index is 1.97. The minimum atomic E-state index is -0.977. The normalized spacial score (nSPS) is 11.8. The Morgan fingerprint density at radius 2 is 1.86 bits per heavy atom. The summed E-state index contributed by atoms with van der Waals surface area (Å²) in [6, 6.07) is 10.4. The van der Waals surface area contributed by atoms with Crippen LogP contribution >= 0.6 is 11.6 Å². The molecule has 0 fully saturated rings. The van der Waals surface area contributed by atoms with Crippen molar-refractivity contribution in [2.24, 2.45) is 0 Å². The van der Waals surface area contributed by atoms with E-state index in [0.29, 0.717) is 27.8 Å². The number of nitrogens with one attached hydrogen (secondary N) is 1. The van der Waals surface area contributed by atoms with Crippen molar-refractivity contribution >= 4 is 35.2 Å². The average molecular weight is 404 g/mol. The lowest BCUT2D eigenvalue weighted by Crippen LogP contribution is -2.29. The van der Waals surface area contributed by atoms with Crippen LogP contribution in [0.15, 0.2) is 42.5 Å². The molecule has 0 aliphatic carbocycles. The van der Waals surface area contributed by atoms with Gasteiger partial charge in [-0.25, -0.2) is 4.79 Å². The minimum absolute atomic E-state index is 0.455. The average Bonchev–Trinajstić information content (AvgIpc) is 2.68. The number of amides is 1. The maximum absolute atomic E-state index is 12.2. The molecular formula is C21H22ClNO5. The van der Waals surface area contributed by atoms with Crippen LogP contribution in [0.1, 0.15) is 18.1 Å². The smallest absolute Gasteiger partial charge is 0.331 e. The van der Waals surface area contributed by atoms with E-state index in [1.165, 1.54) is 20.1 Å². The number of ether oxygens (including phenoxy) is 3. The number of benzene rings is 2. The summed E-state index contributed by atoms with van der Waals surface area (Å²) in [6.45, 7) is 3.35. The number of hydrogen-bond acceptors (Lipinski definition) is 5. The number of methoxy groups -OCH3 is 2. The van der Waals surface area contributed by atoms with Crippen molar-refractivity contribution in [3.8, 4) is 11.5 Å². The van der Waals surface area contributed by atoms with Gasteiger partial charge in [-0.1, -0.05) is 17.7 Å². The summed E-state index contributed by atoms with van der Waals surface area (Å²) >= 11 is 6.04. The van der Waals surface area contributed by atoms with Crippen LogP contribution in [-0.2, 0) is 14.3 Å². The third-order valence-electron chi connectivity index (χ3n) is 3.94. The van der Waals surface area contributed by atoms with E-state index in [2.05, 4.69) is 5.32 Å². The lowest BCUT2D eigenvalue weighted by Gasteiger charge is -2.13. The summed E-state index contributed by atoms with van der Waals surface area (Å²) in [5.74, 6) is 0.0784. The summed E-state index contributed by atoms with van der Waals surface area (Å²) in [7, 11) is 3.08. The van der Waals surface area contributed by atoms with Crippen LogP contribution in [0.5, 0.6) is 11.5 Å². The quantitative estimate of drug-likeness (QED) is 0.552. The van der Waals surface area contributed by atoms with Crippen molar-refractivity contribution < 1.29 is 23.8 Å². The van der Waals surface area contributed by atoms with E-state index >= 15 is 0 Å². The summed E-state index contributed by atoms with van der Waals surface area (Å²) < 4.78 is 15.5. The number of anilines is 1. The number of aryl methyl sites for hydroxylation is 1. The molecule has 0 radical (unpaired) electrons. The number of carbonyl (C=O) groups is 2. The number of halogens is 1. The Bertz CT molecular complexity index is 894. The molecule has 2 aromatic rings. The molecule has 0 saturated carbocycles. The Labute approximate surface area is 169 Å².